The zero-order valence-electron chi connectivity index (χ0n) is 11.1. The summed E-state index contributed by atoms with van der Waals surface area (Å²) in [4.78, 5) is 21.5. The minimum Gasteiger partial charge on any atom is -0.309 e. The van der Waals surface area contributed by atoms with E-state index in [4.69, 9.17) is 23.2 Å². The lowest BCUT2D eigenvalue weighted by molar-refractivity contribution is 0.972. The molecule has 2 heterocycles. The van der Waals surface area contributed by atoms with E-state index in [9.17, 15) is 4.79 Å². The third-order valence-electron chi connectivity index (χ3n) is 3.60. The third-order valence-corrected chi connectivity index (χ3v) is 6.74. The Morgan fingerprint density at radius 1 is 1.50 bits per heavy atom. The number of thiophene rings is 1. The summed E-state index contributed by atoms with van der Waals surface area (Å²) in [6.07, 6.45) is 0.857. The van der Waals surface area contributed by atoms with E-state index in [0.29, 0.717) is 11.7 Å². The quantitative estimate of drug-likeness (QED) is 0.848. The Hall–Kier alpha value is -0.230. The first-order valence-electron chi connectivity index (χ1n) is 6.33. The average molecular weight is 349 g/mol. The lowest BCUT2D eigenvalue weighted by Crippen LogP contribution is -2.11. The van der Waals surface area contributed by atoms with Gasteiger partial charge in [-0.1, -0.05) is 0 Å². The highest BCUT2D eigenvalue weighted by molar-refractivity contribution is 7.98. The number of fused-ring (bicyclic) bond motifs is 1. The molecule has 0 aliphatic heterocycles. The van der Waals surface area contributed by atoms with E-state index in [1.165, 1.54) is 0 Å². The normalized spacial score (nSPS) is 20.5. The van der Waals surface area contributed by atoms with Gasteiger partial charge in [0.05, 0.1) is 11.1 Å². The smallest absolute Gasteiger partial charge is 0.259 e. The van der Waals surface area contributed by atoms with Gasteiger partial charge in [-0.2, -0.15) is 11.8 Å². The molecule has 1 saturated carbocycles. The number of nitrogens with zero attached hydrogens (tertiary/aromatic N) is 1. The number of hydrogen-bond acceptors (Lipinski definition) is 4. The zero-order valence-corrected chi connectivity index (χ0v) is 14.3. The summed E-state index contributed by atoms with van der Waals surface area (Å²) in [7, 11) is 0. The maximum atomic E-state index is 12.1. The summed E-state index contributed by atoms with van der Waals surface area (Å²) >= 11 is 15.3. The highest BCUT2D eigenvalue weighted by Crippen LogP contribution is 2.54. The van der Waals surface area contributed by atoms with Crippen LogP contribution in [0.15, 0.2) is 4.79 Å². The molecule has 0 bridgehead atoms. The fourth-order valence-electron chi connectivity index (χ4n) is 2.12. The van der Waals surface area contributed by atoms with E-state index in [2.05, 4.69) is 9.97 Å². The predicted molar refractivity (Wildman–Crippen MR) is 88.4 cm³/mol. The molecule has 7 heteroatoms. The van der Waals surface area contributed by atoms with Crippen molar-refractivity contribution in [1.29, 1.82) is 0 Å². The second-order valence-corrected chi connectivity index (χ2v) is 8.93. The van der Waals surface area contributed by atoms with Crippen LogP contribution in [-0.4, -0.2) is 20.1 Å². The van der Waals surface area contributed by atoms with E-state index in [1.807, 2.05) is 13.8 Å². The standard InChI is InChI=1S/C13H14Cl2N2OS2/c1-6-7(2)20-12-10(6)11(18)16-9(17-12)5-19-4-8-3-13(8,14)15/h8H,3-5H2,1-2H3,(H,16,17,18)/t8-/m0/s1. The second-order valence-electron chi connectivity index (χ2n) is 5.15. The molecule has 3 nitrogen and oxygen atoms in total. The van der Waals surface area contributed by atoms with Gasteiger partial charge in [-0.05, 0) is 31.6 Å². The summed E-state index contributed by atoms with van der Waals surface area (Å²) in [5.41, 5.74) is 0.993. The van der Waals surface area contributed by atoms with Crippen LogP contribution in [0.4, 0.5) is 0 Å². The second kappa shape index (κ2) is 5.20. The molecular weight excluding hydrogens is 335 g/mol. The van der Waals surface area contributed by atoms with Crippen molar-refractivity contribution < 1.29 is 0 Å². The van der Waals surface area contributed by atoms with Crippen LogP contribution in [0.3, 0.4) is 0 Å². The Kier molecular flexibility index (Phi) is 3.82. The minimum atomic E-state index is -0.528. The molecule has 1 N–H and O–H groups in total. The van der Waals surface area contributed by atoms with E-state index in [1.54, 1.807) is 23.1 Å². The van der Waals surface area contributed by atoms with Crippen molar-refractivity contribution in [2.24, 2.45) is 5.92 Å². The minimum absolute atomic E-state index is 0.0390. The molecule has 0 radical (unpaired) electrons. The zero-order chi connectivity index (χ0) is 14.5. The van der Waals surface area contributed by atoms with E-state index in [-0.39, 0.29) is 5.56 Å². The molecule has 1 atom stereocenters. The molecule has 2 aromatic heterocycles. The molecule has 20 heavy (non-hydrogen) atoms. The first-order valence-corrected chi connectivity index (χ1v) is 9.05. The first kappa shape index (κ1) is 14.7. The van der Waals surface area contributed by atoms with Crippen molar-refractivity contribution in [1.82, 2.24) is 9.97 Å². The lowest BCUT2D eigenvalue weighted by Gasteiger charge is -2.02. The molecule has 1 aliphatic rings. The molecule has 0 amide bonds. The van der Waals surface area contributed by atoms with Gasteiger partial charge in [0.15, 0.2) is 0 Å². The van der Waals surface area contributed by atoms with Crippen molar-refractivity contribution in [2.45, 2.75) is 30.4 Å². The molecule has 0 spiro atoms. The molecule has 1 aliphatic carbocycles. The topological polar surface area (TPSA) is 45.8 Å². The van der Waals surface area contributed by atoms with E-state index >= 15 is 0 Å². The highest BCUT2D eigenvalue weighted by atomic mass is 35.5. The number of hydrogen-bond donors (Lipinski definition) is 1. The Balaban J connectivity index is 1.74. The van der Waals surface area contributed by atoms with Crippen LogP contribution < -0.4 is 5.56 Å². The van der Waals surface area contributed by atoms with Crippen molar-refractivity contribution in [2.75, 3.05) is 5.75 Å². The Morgan fingerprint density at radius 3 is 2.85 bits per heavy atom. The molecule has 0 aromatic carbocycles. The van der Waals surface area contributed by atoms with Crippen LogP contribution in [0.2, 0.25) is 0 Å². The van der Waals surface area contributed by atoms with Gasteiger partial charge in [-0.25, -0.2) is 4.98 Å². The van der Waals surface area contributed by atoms with Gasteiger partial charge in [-0.3, -0.25) is 4.79 Å². The summed E-state index contributed by atoms with van der Waals surface area (Å²) < 4.78 is -0.528. The Labute approximate surface area is 135 Å². The van der Waals surface area contributed by atoms with E-state index in [0.717, 1.165) is 38.7 Å². The third kappa shape index (κ3) is 2.73. The van der Waals surface area contributed by atoms with Crippen LogP contribution in [0.1, 0.15) is 22.7 Å². The van der Waals surface area contributed by atoms with E-state index < -0.39 is 4.33 Å². The van der Waals surface area contributed by atoms with Crippen molar-refractivity contribution in [3.8, 4) is 0 Å². The lowest BCUT2D eigenvalue weighted by atomic mass is 10.2. The number of nitrogens with one attached hydrogen (secondary N) is 1. The van der Waals surface area contributed by atoms with Crippen molar-refractivity contribution in [3.05, 3.63) is 26.6 Å². The number of rotatable bonds is 4. The summed E-state index contributed by atoms with van der Waals surface area (Å²) in [6, 6.07) is 0. The predicted octanol–water partition coefficient (Wildman–Crippen LogP) is 4.03. The monoisotopic (exact) mass is 348 g/mol. The fourth-order valence-corrected chi connectivity index (χ4v) is 5.01. The van der Waals surface area contributed by atoms with Crippen LogP contribution in [0.5, 0.6) is 0 Å². The summed E-state index contributed by atoms with van der Waals surface area (Å²) in [5, 5.41) is 0.726. The molecule has 0 saturated heterocycles. The van der Waals surface area contributed by atoms with Crippen LogP contribution in [-0.2, 0) is 5.75 Å². The molecule has 0 unspecified atom stereocenters. The molecule has 2 aromatic rings. The number of aryl methyl sites for hydroxylation is 2. The first-order chi connectivity index (χ1) is 9.38. The Bertz CT molecular complexity index is 723. The SMILES string of the molecule is Cc1sc2nc(CSC[C@@H]3CC3(Cl)Cl)[nH]c(=O)c2c1C. The van der Waals surface area contributed by atoms with Crippen molar-refractivity contribution in [3.63, 3.8) is 0 Å². The van der Waals surface area contributed by atoms with Crippen LogP contribution >= 0.6 is 46.3 Å². The average Bonchev–Trinajstić information content (AvgIpc) is 2.84. The van der Waals surface area contributed by atoms with Gasteiger partial charge in [-0.15, -0.1) is 34.5 Å². The van der Waals surface area contributed by atoms with Gasteiger partial charge in [0, 0.05) is 10.8 Å². The maximum Gasteiger partial charge on any atom is 0.259 e. The van der Waals surface area contributed by atoms with Gasteiger partial charge in [0.2, 0.25) is 0 Å². The number of aromatic nitrogens is 2. The summed E-state index contributed by atoms with van der Waals surface area (Å²) in [5.74, 6) is 2.67. The number of H-pyrrole nitrogens is 1. The van der Waals surface area contributed by atoms with Gasteiger partial charge in [0.25, 0.3) is 5.56 Å². The molecule has 108 valence electrons. The Morgan fingerprint density at radius 2 is 2.20 bits per heavy atom. The number of halogens is 2. The fraction of sp³-hybridized carbons (Fsp3) is 0.538. The molecule has 1 fully saturated rings. The van der Waals surface area contributed by atoms with Gasteiger partial charge in [0.1, 0.15) is 15.0 Å². The number of alkyl halides is 2. The number of thioether (sulfide) groups is 1. The number of aromatic amines is 1. The molecular formula is C13H14Cl2N2OS2. The highest BCUT2D eigenvalue weighted by Gasteiger charge is 2.51. The van der Waals surface area contributed by atoms with Gasteiger partial charge < -0.3 is 4.98 Å². The maximum absolute atomic E-state index is 12.1. The molecule has 3 rings (SSSR count). The van der Waals surface area contributed by atoms with Crippen LogP contribution in [0, 0.1) is 19.8 Å². The van der Waals surface area contributed by atoms with Crippen LogP contribution in [0.25, 0.3) is 10.2 Å². The largest absolute Gasteiger partial charge is 0.309 e. The summed E-state index contributed by atoms with van der Waals surface area (Å²) in [6.45, 7) is 3.98. The van der Waals surface area contributed by atoms with Gasteiger partial charge >= 0.3 is 0 Å². The van der Waals surface area contributed by atoms with Crippen molar-refractivity contribution >= 4 is 56.5 Å².